The molecule has 0 aliphatic carbocycles. The monoisotopic (exact) mass is 395 g/mol. The molecule has 0 radical (unpaired) electrons. The molecule has 0 fully saturated rings. The molecule has 3 rings (SSSR count). The van der Waals surface area contributed by atoms with Gasteiger partial charge in [0.2, 0.25) is 0 Å². The molecule has 0 spiro atoms. The first kappa shape index (κ1) is 17.2. The summed E-state index contributed by atoms with van der Waals surface area (Å²) in [6.45, 7) is 0. The third-order valence-corrected chi connectivity index (χ3v) is 6.02. The molecule has 0 bridgehead atoms. The van der Waals surface area contributed by atoms with Crippen LogP contribution < -0.4 is 5.11 Å². The maximum atomic E-state index is 10.8. The second-order valence-electron chi connectivity index (χ2n) is 4.73. The van der Waals surface area contributed by atoms with E-state index in [4.69, 9.17) is 23.2 Å². The summed E-state index contributed by atoms with van der Waals surface area (Å²) >= 11 is 15.2. The number of nitrogens with zero attached hydrogens (tertiary/aromatic N) is 2. The van der Waals surface area contributed by atoms with Gasteiger partial charge in [0, 0.05) is 21.4 Å². The highest BCUT2D eigenvalue weighted by molar-refractivity contribution is 8.00. The van der Waals surface area contributed by atoms with Crippen molar-refractivity contribution in [2.75, 3.05) is 0 Å². The van der Waals surface area contributed by atoms with E-state index in [0.717, 1.165) is 15.5 Å². The van der Waals surface area contributed by atoms with Crippen LogP contribution in [0.25, 0.3) is 10.6 Å². The number of halogens is 2. The summed E-state index contributed by atoms with van der Waals surface area (Å²) in [6.07, 6.45) is 0. The maximum Gasteiger partial charge on any atom is 0.174 e. The van der Waals surface area contributed by atoms with Gasteiger partial charge in [-0.05, 0) is 23.3 Å². The van der Waals surface area contributed by atoms with Crippen molar-refractivity contribution in [1.29, 1.82) is 0 Å². The van der Waals surface area contributed by atoms with Gasteiger partial charge in [0.15, 0.2) is 4.34 Å². The lowest BCUT2D eigenvalue weighted by Gasteiger charge is -2.04. The molecular weight excluding hydrogens is 387 g/mol. The van der Waals surface area contributed by atoms with Crippen LogP contribution in [-0.4, -0.2) is 16.2 Å². The number of hydrogen-bond donors (Lipinski definition) is 0. The summed E-state index contributed by atoms with van der Waals surface area (Å²) < 4.78 is 0.782. The minimum atomic E-state index is -1.20. The average molecular weight is 396 g/mol. The van der Waals surface area contributed by atoms with Crippen LogP contribution in [0, 0.1) is 0 Å². The Hall–Kier alpha value is -1.60. The fourth-order valence-corrected chi connectivity index (χ4v) is 4.54. The Labute approximate surface area is 156 Å². The first-order chi connectivity index (χ1) is 11.5. The smallest absolute Gasteiger partial charge is 0.174 e. The summed E-state index contributed by atoms with van der Waals surface area (Å²) in [4.78, 5) is 10.8. The molecule has 0 N–H and O–H groups in total. The lowest BCUT2D eigenvalue weighted by molar-refractivity contribution is -0.255. The van der Waals surface area contributed by atoms with Gasteiger partial charge in [-0.2, -0.15) is 0 Å². The molecular formula is C16H9Cl2N2O2S2-. The summed E-state index contributed by atoms with van der Waals surface area (Å²) in [6, 6.07) is 11.8. The molecule has 24 heavy (non-hydrogen) atoms. The topological polar surface area (TPSA) is 65.9 Å². The van der Waals surface area contributed by atoms with Crippen LogP contribution in [0.5, 0.6) is 0 Å². The maximum absolute atomic E-state index is 10.8. The molecule has 3 aromatic rings. The molecule has 8 heteroatoms. The highest BCUT2D eigenvalue weighted by atomic mass is 35.5. The van der Waals surface area contributed by atoms with Gasteiger partial charge < -0.3 is 9.90 Å². The Kier molecular flexibility index (Phi) is 5.40. The first-order valence-electron chi connectivity index (χ1n) is 6.75. The van der Waals surface area contributed by atoms with E-state index in [-0.39, 0.29) is 5.56 Å². The number of rotatable bonds is 5. The number of carboxylic acids is 1. The van der Waals surface area contributed by atoms with Crippen molar-refractivity contribution in [2.45, 2.75) is 10.1 Å². The van der Waals surface area contributed by atoms with Gasteiger partial charge in [-0.1, -0.05) is 76.6 Å². The second-order valence-corrected chi connectivity index (χ2v) is 7.74. The number of benzene rings is 2. The van der Waals surface area contributed by atoms with Gasteiger partial charge >= 0.3 is 0 Å². The van der Waals surface area contributed by atoms with E-state index in [2.05, 4.69) is 10.2 Å². The van der Waals surface area contributed by atoms with Gasteiger partial charge in [0.05, 0.1) is 5.97 Å². The molecule has 4 nitrogen and oxygen atoms in total. The molecule has 1 heterocycles. The average Bonchev–Trinajstić information content (AvgIpc) is 3.03. The Bertz CT molecular complexity index is 862. The van der Waals surface area contributed by atoms with E-state index in [1.54, 1.807) is 30.3 Å². The van der Waals surface area contributed by atoms with Gasteiger partial charge in [-0.15, -0.1) is 10.2 Å². The lowest BCUT2D eigenvalue weighted by atomic mass is 10.1. The van der Waals surface area contributed by atoms with Crippen LogP contribution in [-0.2, 0) is 5.75 Å². The Balaban J connectivity index is 1.73. The molecule has 0 aliphatic heterocycles. The molecule has 1 aromatic heterocycles. The molecule has 0 saturated carbocycles. The Morgan fingerprint density at radius 2 is 1.75 bits per heavy atom. The SMILES string of the molecule is O=C([O-])c1ccc(-c2nnc(SCc3c(Cl)cccc3Cl)s2)cc1. The quantitative estimate of drug-likeness (QED) is 0.606. The van der Waals surface area contributed by atoms with Crippen LogP contribution >= 0.6 is 46.3 Å². The summed E-state index contributed by atoms with van der Waals surface area (Å²) in [5.74, 6) is -0.608. The van der Waals surface area contributed by atoms with Crippen molar-refractivity contribution in [1.82, 2.24) is 10.2 Å². The molecule has 2 aromatic carbocycles. The number of aromatic carboxylic acids is 1. The van der Waals surface area contributed by atoms with Crippen molar-refractivity contribution < 1.29 is 9.90 Å². The third-order valence-electron chi connectivity index (χ3n) is 3.18. The van der Waals surface area contributed by atoms with Crippen molar-refractivity contribution in [2.24, 2.45) is 0 Å². The van der Waals surface area contributed by atoms with Gasteiger partial charge in [-0.3, -0.25) is 0 Å². The van der Waals surface area contributed by atoms with Crippen LogP contribution in [0.15, 0.2) is 46.8 Å². The predicted molar refractivity (Wildman–Crippen MR) is 95.7 cm³/mol. The van der Waals surface area contributed by atoms with Crippen LogP contribution in [0.2, 0.25) is 10.0 Å². The van der Waals surface area contributed by atoms with E-state index in [0.29, 0.717) is 20.8 Å². The van der Waals surface area contributed by atoms with Gasteiger partial charge in [0.25, 0.3) is 0 Å². The largest absolute Gasteiger partial charge is 0.545 e. The number of carboxylic acid groups (broad SMARTS) is 1. The zero-order chi connectivity index (χ0) is 17.1. The van der Waals surface area contributed by atoms with E-state index in [9.17, 15) is 9.90 Å². The highest BCUT2D eigenvalue weighted by Crippen LogP contribution is 2.34. The predicted octanol–water partition coefficient (Wildman–Crippen LogP) is 4.17. The molecule has 0 atom stereocenters. The summed E-state index contributed by atoms with van der Waals surface area (Å²) in [5, 5.41) is 21.0. The number of hydrogen-bond acceptors (Lipinski definition) is 6. The number of thioether (sulfide) groups is 1. The fourth-order valence-electron chi connectivity index (χ4n) is 1.94. The van der Waals surface area contributed by atoms with Crippen LogP contribution in [0.3, 0.4) is 0 Å². The summed E-state index contributed by atoms with van der Waals surface area (Å²) in [5.41, 5.74) is 1.80. The third kappa shape index (κ3) is 3.89. The summed E-state index contributed by atoms with van der Waals surface area (Å²) in [7, 11) is 0. The second kappa shape index (κ2) is 7.53. The first-order valence-corrected chi connectivity index (χ1v) is 9.31. The highest BCUT2D eigenvalue weighted by Gasteiger charge is 2.10. The molecule has 122 valence electrons. The van der Waals surface area contributed by atoms with Crippen molar-refractivity contribution in [3.63, 3.8) is 0 Å². The minimum absolute atomic E-state index is 0.131. The van der Waals surface area contributed by atoms with Crippen molar-refractivity contribution in [3.8, 4) is 10.6 Å². The van der Waals surface area contributed by atoms with Crippen LogP contribution in [0.1, 0.15) is 15.9 Å². The number of carbonyl (C=O) groups is 1. The fraction of sp³-hybridized carbons (Fsp3) is 0.0625. The molecule has 0 saturated heterocycles. The van der Waals surface area contributed by atoms with Gasteiger partial charge in [-0.25, -0.2) is 0 Å². The number of carbonyl (C=O) groups excluding carboxylic acids is 1. The van der Waals surface area contributed by atoms with E-state index in [1.807, 2.05) is 0 Å². The molecule has 0 amide bonds. The lowest BCUT2D eigenvalue weighted by Crippen LogP contribution is -2.21. The minimum Gasteiger partial charge on any atom is -0.545 e. The van der Waals surface area contributed by atoms with E-state index < -0.39 is 5.97 Å². The molecule has 0 aliphatic rings. The Morgan fingerprint density at radius 3 is 2.38 bits per heavy atom. The van der Waals surface area contributed by atoms with E-state index >= 15 is 0 Å². The molecule has 0 unspecified atom stereocenters. The van der Waals surface area contributed by atoms with E-state index in [1.165, 1.54) is 35.2 Å². The Morgan fingerprint density at radius 1 is 1.08 bits per heavy atom. The van der Waals surface area contributed by atoms with Crippen molar-refractivity contribution >= 4 is 52.3 Å². The normalized spacial score (nSPS) is 10.8. The van der Waals surface area contributed by atoms with Gasteiger partial charge in [0.1, 0.15) is 5.01 Å². The zero-order valence-corrected chi connectivity index (χ0v) is 15.2. The van der Waals surface area contributed by atoms with Crippen LogP contribution in [0.4, 0.5) is 0 Å². The number of aromatic nitrogens is 2. The standard InChI is InChI=1S/C16H10Cl2N2O2S2/c17-12-2-1-3-13(18)11(12)8-23-16-20-19-14(24-16)9-4-6-10(7-5-9)15(21)22/h1-7H,8H2,(H,21,22)/p-1. The van der Waals surface area contributed by atoms with Crippen molar-refractivity contribution in [3.05, 3.63) is 63.6 Å². The zero-order valence-electron chi connectivity index (χ0n) is 12.0.